The lowest BCUT2D eigenvalue weighted by Crippen LogP contribution is -2.48. The van der Waals surface area contributed by atoms with Gasteiger partial charge in [-0.1, -0.05) is 0 Å². The van der Waals surface area contributed by atoms with Crippen LogP contribution in [0.5, 0.6) is 5.75 Å². The molecule has 1 atom stereocenters. The van der Waals surface area contributed by atoms with E-state index in [4.69, 9.17) is 9.47 Å². The highest BCUT2D eigenvalue weighted by atomic mass is 16.5. The van der Waals surface area contributed by atoms with E-state index in [1.165, 1.54) is 0 Å². The molecule has 1 unspecified atom stereocenters. The van der Waals surface area contributed by atoms with Crippen molar-refractivity contribution in [3.63, 3.8) is 0 Å². The van der Waals surface area contributed by atoms with Crippen molar-refractivity contribution in [3.05, 3.63) is 65.6 Å². The van der Waals surface area contributed by atoms with Gasteiger partial charge in [0.1, 0.15) is 11.4 Å². The summed E-state index contributed by atoms with van der Waals surface area (Å²) in [5, 5.41) is 7.77. The number of carbonyl (C=O) groups excluding carboxylic acids is 1. The van der Waals surface area contributed by atoms with Crippen molar-refractivity contribution >= 4 is 5.91 Å². The zero-order valence-corrected chi connectivity index (χ0v) is 17.8. The second kappa shape index (κ2) is 7.81. The summed E-state index contributed by atoms with van der Waals surface area (Å²) in [7, 11) is 1.90. The smallest absolute Gasteiger partial charge is 0.253 e. The summed E-state index contributed by atoms with van der Waals surface area (Å²) in [6, 6.07) is 9.79. The average molecular weight is 418 g/mol. The summed E-state index contributed by atoms with van der Waals surface area (Å²) < 4.78 is 13.9. The predicted molar refractivity (Wildman–Crippen MR) is 116 cm³/mol. The van der Waals surface area contributed by atoms with Gasteiger partial charge in [-0.25, -0.2) is 0 Å². The van der Waals surface area contributed by atoms with E-state index in [1.807, 2.05) is 44.4 Å². The molecule has 1 saturated heterocycles. The summed E-state index contributed by atoms with van der Waals surface area (Å²) in [5.74, 6) is 0.694. The number of ether oxygens (including phenoxy) is 2. The normalized spacial score (nSPS) is 19.5. The lowest BCUT2D eigenvalue weighted by molar-refractivity contribution is -0.0639. The molecule has 0 saturated carbocycles. The van der Waals surface area contributed by atoms with Crippen LogP contribution in [0.4, 0.5) is 0 Å². The second-order valence-corrected chi connectivity index (χ2v) is 8.51. The Kier molecular flexibility index (Phi) is 4.98. The number of nitrogens with one attached hydrogen (secondary N) is 1. The van der Waals surface area contributed by atoms with E-state index >= 15 is 0 Å². The quantitative estimate of drug-likeness (QED) is 0.703. The first kappa shape index (κ1) is 19.8. The molecule has 2 aromatic heterocycles. The molecule has 2 aliphatic rings. The van der Waals surface area contributed by atoms with Crippen molar-refractivity contribution in [1.82, 2.24) is 20.1 Å². The molecule has 0 bridgehead atoms. The Morgan fingerprint density at radius 1 is 1.19 bits per heavy atom. The van der Waals surface area contributed by atoms with Gasteiger partial charge < -0.3 is 14.8 Å². The van der Waals surface area contributed by atoms with Crippen LogP contribution in [0.15, 0.2) is 48.9 Å². The van der Waals surface area contributed by atoms with E-state index < -0.39 is 0 Å². The third-order valence-electron chi connectivity index (χ3n) is 6.14. The van der Waals surface area contributed by atoms with Crippen molar-refractivity contribution in [3.8, 4) is 17.0 Å². The number of aromatic nitrogens is 3. The highest BCUT2D eigenvalue weighted by Gasteiger charge is 2.43. The van der Waals surface area contributed by atoms with Crippen molar-refractivity contribution < 1.29 is 14.3 Å². The van der Waals surface area contributed by atoms with Crippen LogP contribution >= 0.6 is 0 Å². The van der Waals surface area contributed by atoms with Gasteiger partial charge in [0.15, 0.2) is 0 Å². The van der Waals surface area contributed by atoms with Crippen LogP contribution in [0.25, 0.3) is 11.3 Å². The van der Waals surface area contributed by atoms with E-state index in [0.717, 1.165) is 41.0 Å². The van der Waals surface area contributed by atoms with Crippen molar-refractivity contribution in [1.29, 1.82) is 0 Å². The molecule has 31 heavy (non-hydrogen) atoms. The van der Waals surface area contributed by atoms with E-state index in [0.29, 0.717) is 25.2 Å². The van der Waals surface area contributed by atoms with Gasteiger partial charge in [-0.05, 0) is 42.8 Å². The molecule has 3 aromatic rings. The van der Waals surface area contributed by atoms with E-state index in [9.17, 15) is 4.79 Å². The molecule has 4 heterocycles. The number of carbonyl (C=O) groups is 1. The average Bonchev–Trinajstić information content (AvgIpc) is 3.20. The maximum Gasteiger partial charge on any atom is 0.253 e. The van der Waals surface area contributed by atoms with Crippen LogP contribution in [-0.4, -0.2) is 39.5 Å². The summed E-state index contributed by atoms with van der Waals surface area (Å²) in [6.45, 7) is 3.28. The maximum atomic E-state index is 13.1. The Morgan fingerprint density at radius 2 is 2.03 bits per heavy atom. The maximum absolute atomic E-state index is 13.1. The van der Waals surface area contributed by atoms with E-state index in [1.54, 1.807) is 17.1 Å². The van der Waals surface area contributed by atoms with E-state index in [2.05, 4.69) is 21.5 Å². The minimum atomic E-state index is -0.319. The number of rotatable bonds is 3. The van der Waals surface area contributed by atoms with Crippen LogP contribution in [0, 0.1) is 6.92 Å². The van der Waals surface area contributed by atoms with Crippen LogP contribution in [0.2, 0.25) is 0 Å². The largest absolute Gasteiger partial charge is 0.487 e. The summed E-state index contributed by atoms with van der Waals surface area (Å²) in [5.41, 5.74) is 4.08. The predicted octanol–water partition coefficient (Wildman–Crippen LogP) is 3.59. The Morgan fingerprint density at radius 3 is 2.77 bits per heavy atom. The van der Waals surface area contributed by atoms with E-state index in [-0.39, 0.29) is 17.6 Å². The summed E-state index contributed by atoms with van der Waals surface area (Å²) in [4.78, 5) is 17.2. The minimum Gasteiger partial charge on any atom is -0.487 e. The highest BCUT2D eigenvalue weighted by Crippen LogP contribution is 2.45. The molecule has 0 radical (unpaired) electrons. The topological polar surface area (TPSA) is 78.3 Å². The van der Waals surface area contributed by atoms with Gasteiger partial charge in [-0.2, -0.15) is 5.10 Å². The lowest BCUT2D eigenvalue weighted by Gasteiger charge is -2.44. The number of pyridine rings is 1. The number of amides is 1. The first-order chi connectivity index (χ1) is 15.0. The summed E-state index contributed by atoms with van der Waals surface area (Å²) in [6.07, 6.45) is 7.61. The van der Waals surface area contributed by atoms with Crippen molar-refractivity contribution in [2.75, 3.05) is 13.2 Å². The molecular weight excluding hydrogens is 392 g/mol. The zero-order chi connectivity index (χ0) is 21.4. The monoisotopic (exact) mass is 418 g/mol. The highest BCUT2D eigenvalue weighted by molar-refractivity contribution is 5.94. The fourth-order valence-electron chi connectivity index (χ4n) is 4.50. The van der Waals surface area contributed by atoms with Gasteiger partial charge in [0.25, 0.3) is 5.91 Å². The Balaban J connectivity index is 1.51. The van der Waals surface area contributed by atoms with Crippen LogP contribution in [-0.2, 0) is 11.8 Å². The molecule has 7 nitrogen and oxygen atoms in total. The minimum absolute atomic E-state index is 0.125. The number of nitrogens with zero attached hydrogens (tertiary/aromatic N) is 3. The molecule has 0 aliphatic carbocycles. The first-order valence-electron chi connectivity index (χ1n) is 10.6. The Bertz CT molecular complexity index is 1120. The Hall–Kier alpha value is -3.19. The Labute approximate surface area is 181 Å². The van der Waals surface area contributed by atoms with Crippen molar-refractivity contribution in [2.45, 2.75) is 37.8 Å². The number of aryl methyl sites for hydroxylation is 2. The standard InChI is InChI=1S/C24H26N4O3/c1-16-11-18(15-25-14-16)23(29)26-21-13-24(6-9-30-10-7-24)31-22-4-3-17(12-19(21)22)20-5-8-28(2)27-20/h3-5,8,11-12,14-15,21H,6-7,9-10,13H2,1-2H3,(H,26,29). The molecular formula is C24H26N4O3. The number of fused-ring (bicyclic) bond motifs is 1. The molecule has 1 spiro atoms. The number of hydrogen-bond acceptors (Lipinski definition) is 5. The molecule has 160 valence electrons. The van der Waals surface area contributed by atoms with Gasteiger partial charge in [-0.3, -0.25) is 14.5 Å². The van der Waals surface area contributed by atoms with Gasteiger partial charge in [0.2, 0.25) is 0 Å². The molecule has 1 aromatic carbocycles. The fourth-order valence-corrected chi connectivity index (χ4v) is 4.50. The second-order valence-electron chi connectivity index (χ2n) is 8.51. The third kappa shape index (κ3) is 3.93. The third-order valence-corrected chi connectivity index (χ3v) is 6.14. The summed E-state index contributed by atoms with van der Waals surface area (Å²) >= 11 is 0. The molecule has 7 heteroatoms. The molecule has 1 amide bonds. The lowest BCUT2D eigenvalue weighted by atomic mass is 9.81. The molecule has 5 rings (SSSR count). The molecule has 1 N–H and O–H groups in total. The van der Waals surface area contributed by atoms with Gasteiger partial charge >= 0.3 is 0 Å². The number of benzene rings is 1. The first-order valence-corrected chi connectivity index (χ1v) is 10.6. The molecule has 1 fully saturated rings. The SMILES string of the molecule is Cc1cncc(C(=O)NC2CC3(CCOCC3)Oc3ccc(-c4ccn(C)n4)cc32)c1. The van der Waals surface area contributed by atoms with Gasteiger partial charge in [0, 0.05) is 56.0 Å². The van der Waals surface area contributed by atoms with Gasteiger partial charge in [0.05, 0.1) is 30.5 Å². The van der Waals surface area contributed by atoms with Crippen molar-refractivity contribution in [2.24, 2.45) is 7.05 Å². The van der Waals surface area contributed by atoms with Crippen LogP contribution in [0.1, 0.15) is 46.8 Å². The van der Waals surface area contributed by atoms with Crippen LogP contribution in [0.3, 0.4) is 0 Å². The fraction of sp³-hybridized carbons (Fsp3) is 0.375. The number of hydrogen-bond donors (Lipinski definition) is 1. The van der Waals surface area contributed by atoms with Gasteiger partial charge in [-0.15, -0.1) is 0 Å². The zero-order valence-electron chi connectivity index (χ0n) is 17.8. The molecule has 2 aliphatic heterocycles. The van der Waals surface area contributed by atoms with Crippen LogP contribution < -0.4 is 10.1 Å².